The summed E-state index contributed by atoms with van der Waals surface area (Å²) in [5, 5.41) is 8.90. The average molecular weight is 191 g/mol. The molecule has 14 heavy (non-hydrogen) atoms. The number of aliphatic hydroxyl groups excluding tert-OH is 1. The molecular weight excluding hydrogens is 174 g/mol. The lowest BCUT2D eigenvalue weighted by Crippen LogP contribution is -2.22. The van der Waals surface area contributed by atoms with Gasteiger partial charge >= 0.3 is 0 Å². The molecule has 0 aromatic heterocycles. The maximum atomic E-state index is 8.90. The van der Waals surface area contributed by atoms with Crippen molar-refractivity contribution < 1.29 is 5.11 Å². The molecule has 1 rings (SSSR count). The Labute approximate surface area is 85.5 Å². The standard InChI is InChI=1S/C12H17NO/c1-3-9-13(4-2)12-7-5-11(10-14)6-8-12/h3,5-8,14H,1,4,9-10H2,2H3. The van der Waals surface area contributed by atoms with E-state index in [9.17, 15) is 0 Å². The first-order valence-corrected chi connectivity index (χ1v) is 4.87. The van der Waals surface area contributed by atoms with Crippen LogP contribution in [0.3, 0.4) is 0 Å². The summed E-state index contributed by atoms with van der Waals surface area (Å²) in [6, 6.07) is 7.94. The molecule has 0 atom stereocenters. The third kappa shape index (κ3) is 2.60. The molecule has 0 aliphatic rings. The van der Waals surface area contributed by atoms with Crippen molar-refractivity contribution in [1.29, 1.82) is 0 Å². The Hall–Kier alpha value is -1.28. The van der Waals surface area contributed by atoms with Crippen LogP contribution in [0.25, 0.3) is 0 Å². The van der Waals surface area contributed by atoms with Crippen molar-refractivity contribution in [2.75, 3.05) is 18.0 Å². The van der Waals surface area contributed by atoms with Crippen molar-refractivity contribution in [2.24, 2.45) is 0 Å². The Bertz CT molecular complexity index is 279. The molecule has 0 fully saturated rings. The number of hydrogen-bond donors (Lipinski definition) is 1. The fraction of sp³-hybridized carbons (Fsp3) is 0.333. The second kappa shape index (κ2) is 5.45. The van der Waals surface area contributed by atoms with Crippen LogP contribution in [0.2, 0.25) is 0 Å². The smallest absolute Gasteiger partial charge is 0.0681 e. The van der Waals surface area contributed by atoms with E-state index < -0.39 is 0 Å². The molecule has 76 valence electrons. The van der Waals surface area contributed by atoms with Crippen LogP contribution in [0.4, 0.5) is 5.69 Å². The van der Waals surface area contributed by atoms with Crippen molar-refractivity contribution in [1.82, 2.24) is 0 Å². The molecule has 2 nitrogen and oxygen atoms in total. The molecular formula is C12H17NO. The van der Waals surface area contributed by atoms with E-state index in [0.717, 1.165) is 18.7 Å². The number of likely N-dealkylation sites (N-methyl/N-ethyl adjacent to an activating group) is 1. The van der Waals surface area contributed by atoms with Gasteiger partial charge in [0.05, 0.1) is 6.61 Å². The number of benzene rings is 1. The van der Waals surface area contributed by atoms with Crippen LogP contribution >= 0.6 is 0 Å². The zero-order valence-corrected chi connectivity index (χ0v) is 8.61. The largest absolute Gasteiger partial charge is 0.392 e. The highest BCUT2D eigenvalue weighted by atomic mass is 16.3. The lowest BCUT2D eigenvalue weighted by Gasteiger charge is -2.21. The van der Waals surface area contributed by atoms with Crippen molar-refractivity contribution in [3.05, 3.63) is 42.5 Å². The van der Waals surface area contributed by atoms with Crippen LogP contribution in [0.5, 0.6) is 0 Å². The predicted octanol–water partition coefficient (Wildman–Crippen LogP) is 2.19. The summed E-state index contributed by atoms with van der Waals surface area (Å²) in [6.45, 7) is 7.76. The summed E-state index contributed by atoms with van der Waals surface area (Å²) in [4.78, 5) is 2.22. The SMILES string of the molecule is C=CCN(CC)c1ccc(CO)cc1. The molecule has 1 aromatic carbocycles. The molecule has 0 radical (unpaired) electrons. The minimum absolute atomic E-state index is 0.105. The highest BCUT2D eigenvalue weighted by molar-refractivity contribution is 5.47. The summed E-state index contributed by atoms with van der Waals surface area (Å²) in [6.07, 6.45) is 1.89. The topological polar surface area (TPSA) is 23.5 Å². The van der Waals surface area contributed by atoms with Gasteiger partial charge in [0.15, 0.2) is 0 Å². The zero-order chi connectivity index (χ0) is 10.4. The Balaban J connectivity index is 2.77. The van der Waals surface area contributed by atoms with E-state index in [0.29, 0.717) is 0 Å². The lowest BCUT2D eigenvalue weighted by molar-refractivity contribution is 0.282. The van der Waals surface area contributed by atoms with E-state index in [-0.39, 0.29) is 6.61 Å². The van der Waals surface area contributed by atoms with E-state index >= 15 is 0 Å². The summed E-state index contributed by atoms with van der Waals surface area (Å²) in [5.74, 6) is 0. The molecule has 1 aromatic rings. The van der Waals surface area contributed by atoms with Gasteiger partial charge in [0.2, 0.25) is 0 Å². The number of anilines is 1. The minimum Gasteiger partial charge on any atom is -0.392 e. The normalized spacial score (nSPS) is 9.86. The molecule has 0 amide bonds. The van der Waals surface area contributed by atoms with Gasteiger partial charge in [0.1, 0.15) is 0 Å². The minimum atomic E-state index is 0.105. The van der Waals surface area contributed by atoms with Crippen molar-refractivity contribution >= 4 is 5.69 Å². The van der Waals surface area contributed by atoms with Gasteiger partial charge in [-0.2, -0.15) is 0 Å². The van der Waals surface area contributed by atoms with Crippen LogP contribution in [-0.4, -0.2) is 18.2 Å². The van der Waals surface area contributed by atoms with Gasteiger partial charge in [-0.1, -0.05) is 18.2 Å². The highest BCUT2D eigenvalue weighted by Gasteiger charge is 2.00. The number of aliphatic hydroxyl groups is 1. The van der Waals surface area contributed by atoms with Crippen LogP contribution in [0.1, 0.15) is 12.5 Å². The van der Waals surface area contributed by atoms with Crippen LogP contribution in [0, 0.1) is 0 Å². The first kappa shape index (κ1) is 10.8. The van der Waals surface area contributed by atoms with Gasteiger partial charge in [-0.3, -0.25) is 0 Å². The molecule has 0 heterocycles. The molecule has 0 saturated heterocycles. The van der Waals surface area contributed by atoms with E-state index in [1.165, 1.54) is 5.69 Å². The summed E-state index contributed by atoms with van der Waals surface area (Å²) >= 11 is 0. The molecule has 0 spiro atoms. The number of rotatable bonds is 5. The molecule has 2 heteroatoms. The summed E-state index contributed by atoms with van der Waals surface area (Å²) < 4.78 is 0. The van der Waals surface area contributed by atoms with Gasteiger partial charge in [-0.25, -0.2) is 0 Å². The zero-order valence-electron chi connectivity index (χ0n) is 8.61. The average Bonchev–Trinajstić information content (AvgIpc) is 2.26. The fourth-order valence-electron chi connectivity index (χ4n) is 1.39. The Morgan fingerprint density at radius 2 is 2.00 bits per heavy atom. The van der Waals surface area contributed by atoms with Gasteiger partial charge in [0, 0.05) is 18.8 Å². The first-order valence-electron chi connectivity index (χ1n) is 4.87. The van der Waals surface area contributed by atoms with Crippen molar-refractivity contribution in [3.8, 4) is 0 Å². The van der Waals surface area contributed by atoms with Gasteiger partial charge in [0.25, 0.3) is 0 Å². The molecule has 0 saturated carbocycles. The van der Waals surface area contributed by atoms with E-state index in [4.69, 9.17) is 5.11 Å². The second-order valence-electron chi connectivity index (χ2n) is 3.15. The Morgan fingerprint density at radius 3 is 2.43 bits per heavy atom. The maximum absolute atomic E-state index is 8.90. The van der Waals surface area contributed by atoms with Crippen LogP contribution in [-0.2, 0) is 6.61 Å². The van der Waals surface area contributed by atoms with E-state index in [2.05, 4.69) is 18.4 Å². The monoisotopic (exact) mass is 191 g/mol. The van der Waals surface area contributed by atoms with Gasteiger partial charge in [-0.15, -0.1) is 6.58 Å². The van der Waals surface area contributed by atoms with Gasteiger partial charge < -0.3 is 10.0 Å². The first-order chi connectivity index (χ1) is 6.81. The molecule has 0 aliphatic heterocycles. The molecule has 0 aliphatic carbocycles. The summed E-state index contributed by atoms with van der Waals surface area (Å²) in [7, 11) is 0. The second-order valence-corrected chi connectivity index (χ2v) is 3.15. The Morgan fingerprint density at radius 1 is 1.36 bits per heavy atom. The highest BCUT2D eigenvalue weighted by Crippen LogP contribution is 2.14. The predicted molar refractivity (Wildman–Crippen MR) is 60.4 cm³/mol. The molecule has 1 N–H and O–H groups in total. The number of nitrogens with zero attached hydrogens (tertiary/aromatic N) is 1. The van der Waals surface area contributed by atoms with Crippen molar-refractivity contribution in [3.63, 3.8) is 0 Å². The van der Waals surface area contributed by atoms with E-state index in [1.54, 1.807) is 0 Å². The third-order valence-corrected chi connectivity index (χ3v) is 2.22. The maximum Gasteiger partial charge on any atom is 0.0681 e. The van der Waals surface area contributed by atoms with Crippen LogP contribution in [0.15, 0.2) is 36.9 Å². The quantitative estimate of drug-likeness (QED) is 0.721. The Kier molecular flexibility index (Phi) is 4.20. The molecule has 0 bridgehead atoms. The van der Waals surface area contributed by atoms with Crippen LogP contribution < -0.4 is 4.90 Å². The lowest BCUT2D eigenvalue weighted by atomic mass is 10.2. The van der Waals surface area contributed by atoms with Gasteiger partial charge in [-0.05, 0) is 24.6 Å². The molecule has 0 unspecified atom stereocenters. The van der Waals surface area contributed by atoms with Crippen molar-refractivity contribution in [2.45, 2.75) is 13.5 Å². The fourth-order valence-corrected chi connectivity index (χ4v) is 1.39. The van der Waals surface area contributed by atoms with E-state index in [1.807, 2.05) is 30.3 Å². The summed E-state index contributed by atoms with van der Waals surface area (Å²) in [5.41, 5.74) is 2.12. The third-order valence-electron chi connectivity index (χ3n) is 2.22. The number of hydrogen-bond acceptors (Lipinski definition) is 2.